The van der Waals surface area contributed by atoms with Gasteiger partial charge in [-0.05, 0) is 53.7 Å². The van der Waals surface area contributed by atoms with Gasteiger partial charge in [-0.1, -0.05) is 60.1 Å². The molecule has 202 valence electrons. The molecule has 1 saturated carbocycles. The smallest absolute Gasteiger partial charge is 0.316 e. The first-order chi connectivity index (χ1) is 19.7. The number of anilines is 3. The molecule has 2 aliphatic heterocycles. The Morgan fingerprint density at radius 3 is 2.58 bits per heavy atom. The number of para-hydroxylation sites is 1. The van der Waals surface area contributed by atoms with E-state index in [1.54, 1.807) is 0 Å². The summed E-state index contributed by atoms with van der Waals surface area (Å²) >= 11 is 0. The molecule has 7 rings (SSSR count). The zero-order valence-corrected chi connectivity index (χ0v) is 22.0. The monoisotopic (exact) mass is 534 g/mol. The Hall–Kier alpha value is -4.50. The van der Waals surface area contributed by atoms with Gasteiger partial charge in [-0.2, -0.15) is 0 Å². The van der Waals surface area contributed by atoms with Crippen LogP contribution in [0.15, 0.2) is 77.4 Å². The molecule has 2 fully saturated rings. The fourth-order valence-electron chi connectivity index (χ4n) is 5.50. The largest absolute Gasteiger partial charge is 0.402 e. The molecule has 9 heteroatoms. The lowest BCUT2D eigenvalue weighted by atomic mass is 9.80. The second kappa shape index (κ2) is 10.6. The maximum atomic E-state index is 13.3. The molecule has 1 aliphatic carbocycles. The molecule has 0 radical (unpaired) electrons. The summed E-state index contributed by atoms with van der Waals surface area (Å²) in [5.41, 5.74) is 6.53. The standard InChI is InChI=1S/C31H30N6O3/c38-29-26(18-24(21-7-2-1-3-8-21)23-11-4-5-12-25(23)33-29)34-31-36-35-30(40-31)28-27(37-13-15-39-16-14-37)17-22(19-32-28)20-9-6-10-20/h1-5,7-8,11-12,17-20,26H,6,9-10,13-16H2,(H,33,38)(H,34,36). The Labute approximate surface area is 232 Å². The number of hydrogen-bond acceptors (Lipinski definition) is 8. The minimum Gasteiger partial charge on any atom is -0.402 e. The van der Waals surface area contributed by atoms with Crippen molar-refractivity contribution in [2.24, 2.45) is 0 Å². The SMILES string of the molecule is O=C1Nc2ccccc2C(c2ccccc2)=CC1Nc1nnc(-c2ncc(C3CCC3)cc2N2CCOCC2)o1. The minimum absolute atomic E-state index is 0.155. The van der Waals surface area contributed by atoms with E-state index in [2.05, 4.69) is 31.8 Å². The lowest BCUT2D eigenvalue weighted by Crippen LogP contribution is -2.36. The summed E-state index contributed by atoms with van der Waals surface area (Å²) in [6.07, 6.45) is 7.50. The van der Waals surface area contributed by atoms with E-state index in [9.17, 15) is 4.79 Å². The first-order valence-corrected chi connectivity index (χ1v) is 13.8. The quantitative estimate of drug-likeness (QED) is 0.352. The number of carbonyl (C=O) groups excluding carboxylic acids is 1. The van der Waals surface area contributed by atoms with Crippen LogP contribution in [-0.4, -0.2) is 53.4 Å². The fourth-order valence-corrected chi connectivity index (χ4v) is 5.50. The number of carbonyl (C=O) groups is 1. The topological polar surface area (TPSA) is 105 Å². The molecular weight excluding hydrogens is 504 g/mol. The van der Waals surface area contributed by atoms with Crippen molar-refractivity contribution in [1.29, 1.82) is 0 Å². The van der Waals surface area contributed by atoms with Crippen molar-refractivity contribution in [3.05, 3.63) is 89.6 Å². The van der Waals surface area contributed by atoms with Gasteiger partial charge in [0, 0.05) is 30.5 Å². The number of nitrogens with one attached hydrogen (secondary N) is 2. The van der Waals surface area contributed by atoms with Crippen LogP contribution in [0.25, 0.3) is 17.2 Å². The molecule has 2 N–H and O–H groups in total. The van der Waals surface area contributed by atoms with E-state index >= 15 is 0 Å². The highest BCUT2D eigenvalue weighted by Crippen LogP contribution is 2.40. The molecule has 2 aromatic heterocycles. The Kier molecular flexibility index (Phi) is 6.49. The molecule has 3 aliphatic rings. The van der Waals surface area contributed by atoms with Crippen molar-refractivity contribution >= 4 is 28.9 Å². The van der Waals surface area contributed by atoms with Gasteiger partial charge in [0.25, 0.3) is 11.8 Å². The third-order valence-electron chi connectivity index (χ3n) is 7.90. The molecule has 1 unspecified atom stereocenters. The molecule has 0 spiro atoms. The predicted molar refractivity (Wildman–Crippen MR) is 153 cm³/mol. The summed E-state index contributed by atoms with van der Waals surface area (Å²) in [5.74, 6) is 0.661. The average Bonchev–Trinajstić information content (AvgIpc) is 3.38. The minimum atomic E-state index is -0.733. The number of amides is 1. The fraction of sp³-hybridized carbons (Fsp3) is 0.290. The van der Waals surface area contributed by atoms with Gasteiger partial charge in [0.05, 0.1) is 18.9 Å². The average molecular weight is 535 g/mol. The van der Waals surface area contributed by atoms with Crippen LogP contribution in [0.3, 0.4) is 0 Å². The summed E-state index contributed by atoms with van der Waals surface area (Å²) in [6.45, 7) is 2.88. The number of benzene rings is 2. The van der Waals surface area contributed by atoms with Crippen LogP contribution in [-0.2, 0) is 9.53 Å². The van der Waals surface area contributed by atoms with E-state index in [4.69, 9.17) is 14.1 Å². The third kappa shape index (κ3) is 4.73. The van der Waals surface area contributed by atoms with Gasteiger partial charge in [-0.3, -0.25) is 4.79 Å². The van der Waals surface area contributed by atoms with Gasteiger partial charge in [0.2, 0.25) is 0 Å². The van der Waals surface area contributed by atoms with Crippen LogP contribution in [0.1, 0.15) is 41.9 Å². The number of aromatic nitrogens is 3. The molecule has 4 aromatic rings. The summed E-state index contributed by atoms with van der Waals surface area (Å²) in [4.78, 5) is 20.4. The lowest BCUT2D eigenvalue weighted by molar-refractivity contribution is -0.116. The van der Waals surface area contributed by atoms with Crippen LogP contribution < -0.4 is 15.5 Å². The Morgan fingerprint density at radius 2 is 1.77 bits per heavy atom. The number of nitrogens with zero attached hydrogens (tertiary/aromatic N) is 4. The number of hydrogen-bond donors (Lipinski definition) is 2. The zero-order chi connectivity index (χ0) is 26.9. The van der Waals surface area contributed by atoms with E-state index in [1.165, 1.54) is 24.8 Å². The number of fused-ring (bicyclic) bond motifs is 1. The Balaban J connectivity index is 1.21. The van der Waals surface area contributed by atoms with Crippen molar-refractivity contribution in [3.63, 3.8) is 0 Å². The maximum absolute atomic E-state index is 13.3. The second-order valence-electron chi connectivity index (χ2n) is 10.4. The molecular formula is C31H30N6O3. The third-order valence-corrected chi connectivity index (χ3v) is 7.90. The summed E-state index contributed by atoms with van der Waals surface area (Å²) < 4.78 is 11.7. The van der Waals surface area contributed by atoms with Crippen molar-refractivity contribution in [3.8, 4) is 11.6 Å². The van der Waals surface area contributed by atoms with Crippen LogP contribution in [0.2, 0.25) is 0 Å². The van der Waals surface area contributed by atoms with Crippen molar-refractivity contribution < 1.29 is 13.9 Å². The van der Waals surface area contributed by atoms with Crippen LogP contribution >= 0.6 is 0 Å². The van der Waals surface area contributed by atoms with Gasteiger partial charge in [-0.15, -0.1) is 5.10 Å². The maximum Gasteiger partial charge on any atom is 0.316 e. The lowest BCUT2D eigenvalue weighted by Gasteiger charge is -2.31. The summed E-state index contributed by atoms with van der Waals surface area (Å²) in [5, 5.41) is 14.8. The number of rotatable bonds is 6. The first-order valence-electron chi connectivity index (χ1n) is 13.8. The molecule has 4 heterocycles. The first kappa shape index (κ1) is 24.5. The number of pyridine rings is 1. The number of ether oxygens (including phenoxy) is 1. The molecule has 0 bridgehead atoms. The summed E-state index contributed by atoms with van der Waals surface area (Å²) in [7, 11) is 0. The van der Waals surface area contributed by atoms with E-state index in [1.807, 2.05) is 66.9 Å². The van der Waals surface area contributed by atoms with Gasteiger partial charge < -0.3 is 24.7 Å². The van der Waals surface area contributed by atoms with E-state index in [0.717, 1.165) is 41.2 Å². The van der Waals surface area contributed by atoms with E-state index < -0.39 is 6.04 Å². The van der Waals surface area contributed by atoms with Crippen LogP contribution in [0, 0.1) is 0 Å². The van der Waals surface area contributed by atoms with Gasteiger partial charge >= 0.3 is 6.01 Å². The molecule has 1 saturated heterocycles. The molecule has 40 heavy (non-hydrogen) atoms. The van der Waals surface area contributed by atoms with E-state index in [-0.39, 0.29) is 11.9 Å². The Bertz CT molecular complexity index is 1560. The highest BCUT2D eigenvalue weighted by atomic mass is 16.5. The Morgan fingerprint density at radius 1 is 0.975 bits per heavy atom. The van der Waals surface area contributed by atoms with Crippen LogP contribution in [0.5, 0.6) is 0 Å². The summed E-state index contributed by atoms with van der Waals surface area (Å²) in [6, 6.07) is 19.5. The number of morpholine rings is 1. The molecule has 2 aromatic carbocycles. The van der Waals surface area contributed by atoms with E-state index in [0.29, 0.717) is 30.7 Å². The van der Waals surface area contributed by atoms with Gasteiger partial charge in [0.1, 0.15) is 6.04 Å². The molecule has 1 amide bonds. The highest BCUT2D eigenvalue weighted by molar-refractivity contribution is 6.05. The highest BCUT2D eigenvalue weighted by Gasteiger charge is 2.28. The molecule has 1 atom stereocenters. The van der Waals surface area contributed by atoms with Crippen molar-refractivity contribution in [2.45, 2.75) is 31.2 Å². The van der Waals surface area contributed by atoms with Gasteiger partial charge in [-0.25, -0.2) is 4.98 Å². The molecule has 9 nitrogen and oxygen atoms in total. The van der Waals surface area contributed by atoms with Crippen LogP contribution in [0.4, 0.5) is 17.4 Å². The second-order valence-corrected chi connectivity index (χ2v) is 10.4. The zero-order valence-electron chi connectivity index (χ0n) is 22.0. The van der Waals surface area contributed by atoms with Gasteiger partial charge in [0.15, 0.2) is 5.69 Å². The van der Waals surface area contributed by atoms with Crippen molar-refractivity contribution in [2.75, 3.05) is 41.8 Å². The van der Waals surface area contributed by atoms with Crippen molar-refractivity contribution in [1.82, 2.24) is 15.2 Å². The normalized spacial score (nSPS) is 19.2. The predicted octanol–water partition coefficient (Wildman–Crippen LogP) is 5.10.